The summed E-state index contributed by atoms with van der Waals surface area (Å²) >= 11 is 0. The number of benzene rings is 1. The molecule has 5 heteroatoms. The molecule has 2 amide bonds. The van der Waals surface area contributed by atoms with Crippen LogP contribution in [0.4, 0.5) is 10.5 Å². The van der Waals surface area contributed by atoms with Gasteiger partial charge in [0, 0.05) is 60.1 Å². The Morgan fingerprint density at radius 3 is 2.59 bits per heavy atom. The highest BCUT2D eigenvalue weighted by atomic mass is 16.2. The van der Waals surface area contributed by atoms with E-state index in [0.717, 1.165) is 30.7 Å². The van der Waals surface area contributed by atoms with Gasteiger partial charge in [0.2, 0.25) is 0 Å². The van der Waals surface area contributed by atoms with Crippen LogP contribution >= 0.6 is 0 Å². The largest absolute Gasteiger partial charge is 0.361 e. The summed E-state index contributed by atoms with van der Waals surface area (Å²) in [6.07, 6.45) is 7.98. The number of carbonyl (C=O) groups is 1. The van der Waals surface area contributed by atoms with Crippen molar-refractivity contribution in [2.24, 2.45) is 0 Å². The highest BCUT2D eigenvalue weighted by molar-refractivity contribution is 5.97. The Balaban J connectivity index is 1.81. The number of urea groups is 1. The zero-order valence-corrected chi connectivity index (χ0v) is 18.6. The molecule has 0 spiro atoms. The number of nitrogens with zero attached hydrogens (tertiary/aromatic N) is 2. The van der Waals surface area contributed by atoms with Gasteiger partial charge in [0.25, 0.3) is 0 Å². The number of rotatable bonds is 7. The first-order chi connectivity index (χ1) is 14.0. The third kappa shape index (κ3) is 4.67. The monoisotopic (exact) mass is 396 g/mol. The van der Waals surface area contributed by atoms with Crippen LogP contribution in [0.2, 0.25) is 0 Å². The number of amides is 2. The zero-order valence-electron chi connectivity index (χ0n) is 18.6. The molecule has 0 radical (unpaired) electrons. The summed E-state index contributed by atoms with van der Waals surface area (Å²) in [4.78, 5) is 20.4. The van der Waals surface area contributed by atoms with Crippen molar-refractivity contribution in [1.82, 2.24) is 14.8 Å². The fourth-order valence-corrected chi connectivity index (χ4v) is 4.47. The first-order valence-electron chi connectivity index (χ1n) is 11.1. The molecular formula is C24H36N4O. The number of carbonyl (C=O) groups excluding carboxylic acids is 1. The van der Waals surface area contributed by atoms with Crippen LogP contribution in [0.5, 0.6) is 0 Å². The lowest BCUT2D eigenvalue weighted by molar-refractivity contribution is 0.201. The second kappa shape index (κ2) is 9.49. The van der Waals surface area contributed by atoms with E-state index >= 15 is 0 Å². The molecule has 29 heavy (non-hydrogen) atoms. The van der Waals surface area contributed by atoms with Crippen LogP contribution in [0.15, 0.2) is 30.5 Å². The number of nitrogens with one attached hydrogen (secondary N) is 2. The lowest BCUT2D eigenvalue weighted by Gasteiger charge is -2.33. The van der Waals surface area contributed by atoms with Gasteiger partial charge in [0.15, 0.2) is 0 Å². The van der Waals surface area contributed by atoms with Gasteiger partial charge in [-0.2, -0.15) is 0 Å². The number of anilines is 1. The van der Waals surface area contributed by atoms with Gasteiger partial charge in [-0.3, -0.25) is 4.90 Å². The topological polar surface area (TPSA) is 51.4 Å². The lowest BCUT2D eigenvalue weighted by Crippen LogP contribution is -2.39. The Hall–Kier alpha value is -2.27. The molecule has 5 nitrogen and oxygen atoms in total. The second-order valence-corrected chi connectivity index (χ2v) is 8.22. The maximum Gasteiger partial charge on any atom is 0.322 e. The first kappa shape index (κ1) is 21.4. The van der Waals surface area contributed by atoms with Gasteiger partial charge in [-0.15, -0.1) is 0 Å². The average Bonchev–Trinajstić information content (AvgIpc) is 3.13. The molecule has 0 fully saturated rings. The van der Waals surface area contributed by atoms with E-state index in [1.807, 2.05) is 31.7 Å². The molecule has 0 atom stereocenters. The van der Waals surface area contributed by atoms with E-state index in [-0.39, 0.29) is 12.1 Å². The molecule has 1 aliphatic rings. The zero-order chi connectivity index (χ0) is 21.0. The number of aromatic nitrogens is 1. The van der Waals surface area contributed by atoms with Crippen molar-refractivity contribution in [1.29, 1.82) is 0 Å². The van der Waals surface area contributed by atoms with Crippen molar-refractivity contribution in [2.75, 3.05) is 25.0 Å². The standard InChI is InChI=1S/C24H36N4O/c1-6-20(7-2)27-13-11-18(12-14-27)22-16-25-23-10-9-19(15-21(22)23)26-24(29)28(8-3)17(4)5/h9-11,15-17,20,25H,6-8,12-14H2,1-5H3,(H,26,29). The third-order valence-corrected chi connectivity index (χ3v) is 6.20. The molecule has 2 aromatic rings. The molecule has 158 valence electrons. The fraction of sp³-hybridized carbons (Fsp3) is 0.542. The first-order valence-corrected chi connectivity index (χ1v) is 11.1. The Kier molecular flexibility index (Phi) is 7.01. The van der Waals surface area contributed by atoms with Crippen LogP contribution < -0.4 is 5.32 Å². The molecule has 0 saturated heterocycles. The summed E-state index contributed by atoms with van der Waals surface area (Å²) in [6, 6.07) is 6.94. The minimum Gasteiger partial charge on any atom is -0.361 e. The highest BCUT2D eigenvalue weighted by Gasteiger charge is 2.20. The van der Waals surface area contributed by atoms with Crippen molar-refractivity contribution in [2.45, 2.75) is 66.0 Å². The predicted molar refractivity (Wildman–Crippen MR) is 123 cm³/mol. The van der Waals surface area contributed by atoms with E-state index in [9.17, 15) is 4.79 Å². The summed E-state index contributed by atoms with van der Waals surface area (Å²) in [5, 5.41) is 4.25. The van der Waals surface area contributed by atoms with Crippen LogP contribution in [0.25, 0.3) is 16.5 Å². The maximum absolute atomic E-state index is 12.6. The molecule has 2 N–H and O–H groups in total. The van der Waals surface area contributed by atoms with E-state index in [2.05, 4.69) is 53.5 Å². The van der Waals surface area contributed by atoms with Crippen LogP contribution in [0, 0.1) is 0 Å². The number of fused-ring (bicyclic) bond motifs is 1. The summed E-state index contributed by atoms with van der Waals surface area (Å²) in [7, 11) is 0. The van der Waals surface area contributed by atoms with Crippen molar-refractivity contribution in [3.05, 3.63) is 36.0 Å². The molecule has 1 aromatic heterocycles. The van der Waals surface area contributed by atoms with Gasteiger partial charge in [0.05, 0.1) is 0 Å². The SMILES string of the molecule is CCC(CC)N1CC=C(c2c[nH]c3ccc(NC(=O)N(CC)C(C)C)cc23)CC1. The number of aromatic amines is 1. The Bertz CT molecular complexity index is 863. The molecule has 2 heterocycles. The molecular weight excluding hydrogens is 360 g/mol. The summed E-state index contributed by atoms with van der Waals surface area (Å²) in [5.74, 6) is 0. The Morgan fingerprint density at radius 1 is 1.24 bits per heavy atom. The summed E-state index contributed by atoms with van der Waals surface area (Å²) in [5.41, 5.74) is 4.62. The summed E-state index contributed by atoms with van der Waals surface area (Å²) < 4.78 is 0. The van der Waals surface area contributed by atoms with Gasteiger partial charge < -0.3 is 15.2 Å². The normalized spacial score (nSPS) is 15.2. The fourth-order valence-electron chi connectivity index (χ4n) is 4.47. The van der Waals surface area contributed by atoms with Gasteiger partial charge in [0.1, 0.15) is 0 Å². The van der Waals surface area contributed by atoms with E-state index < -0.39 is 0 Å². The van der Waals surface area contributed by atoms with Gasteiger partial charge in [-0.25, -0.2) is 4.79 Å². The van der Waals surface area contributed by atoms with Crippen molar-refractivity contribution >= 4 is 28.2 Å². The second-order valence-electron chi connectivity index (χ2n) is 8.22. The molecule has 3 rings (SSSR count). The van der Waals surface area contributed by atoms with Crippen LogP contribution in [0.1, 0.15) is 59.4 Å². The predicted octanol–water partition coefficient (Wildman–Crippen LogP) is 5.71. The van der Waals surface area contributed by atoms with E-state index in [0.29, 0.717) is 12.6 Å². The van der Waals surface area contributed by atoms with Crippen LogP contribution in [-0.4, -0.2) is 52.5 Å². The number of H-pyrrole nitrogens is 1. The minimum absolute atomic E-state index is 0.0448. The van der Waals surface area contributed by atoms with E-state index in [1.165, 1.54) is 29.4 Å². The number of hydrogen-bond donors (Lipinski definition) is 2. The molecule has 0 unspecified atom stereocenters. The minimum atomic E-state index is -0.0448. The van der Waals surface area contributed by atoms with Gasteiger partial charge >= 0.3 is 6.03 Å². The lowest BCUT2D eigenvalue weighted by atomic mass is 9.97. The molecule has 0 bridgehead atoms. The van der Waals surface area contributed by atoms with E-state index in [4.69, 9.17) is 0 Å². The van der Waals surface area contributed by atoms with Crippen molar-refractivity contribution in [3.63, 3.8) is 0 Å². The quantitative estimate of drug-likeness (QED) is 0.630. The van der Waals surface area contributed by atoms with E-state index in [1.54, 1.807) is 0 Å². The van der Waals surface area contributed by atoms with Gasteiger partial charge in [-0.05, 0) is 63.8 Å². The van der Waals surface area contributed by atoms with Crippen LogP contribution in [-0.2, 0) is 0 Å². The average molecular weight is 397 g/mol. The van der Waals surface area contributed by atoms with Crippen molar-refractivity contribution in [3.8, 4) is 0 Å². The number of hydrogen-bond acceptors (Lipinski definition) is 2. The Labute approximate surface area is 175 Å². The molecule has 1 aliphatic heterocycles. The highest BCUT2D eigenvalue weighted by Crippen LogP contribution is 2.31. The summed E-state index contributed by atoms with van der Waals surface area (Å²) in [6.45, 7) is 13.5. The van der Waals surface area contributed by atoms with Gasteiger partial charge in [-0.1, -0.05) is 19.9 Å². The maximum atomic E-state index is 12.6. The Morgan fingerprint density at radius 2 is 2.00 bits per heavy atom. The smallest absolute Gasteiger partial charge is 0.322 e. The molecule has 0 aliphatic carbocycles. The third-order valence-electron chi connectivity index (χ3n) is 6.20. The van der Waals surface area contributed by atoms with Crippen molar-refractivity contribution < 1.29 is 4.79 Å². The molecule has 1 aromatic carbocycles. The molecule has 0 saturated carbocycles. The van der Waals surface area contributed by atoms with Crippen LogP contribution in [0.3, 0.4) is 0 Å².